The molecule has 0 aromatic carbocycles. The minimum atomic E-state index is -3.08. The summed E-state index contributed by atoms with van der Waals surface area (Å²) in [6, 6.07) is 2.54. The van der Waals surface area contributed by atoms with Gasteiger partial charge in [0.05, 0.1) is 17.1 Å². The molecule has 0 N–H and O–H groups in total. The van der Waals surface area contributed by atoms with Crippen LogP contribution in [-0.2, 0) is 19.4 Å². The fourth-order valence-corrected chi connectivity index (χ4v) is 4.29. The van der Waals surface area contributed by atoms with Gasteiger partial charge in [0.1, 0.15) is 5.15 Å². The molecule has 1 aromatic heterocycles. The molecule has 1 aliphatic rings. The highest BCUT2D eigenvalue weighted by molar-refractivity contribution is 7.91. The number of carbonyl (C=O) groups is 2. The maximum atomic E-state index is 12.2. The van der Waals surface area contributed by atoms with E-state index in [4.69, 9.17) is 16.3 Å². The lowest BCUT2D eigenvalue weighted by Gasteiger charge is -2.26. The highest BCUT2D eigenvalue weighted by atomic mass is 35.5. The van der Waals surface area contributed by atoms with Gasteiger partial charge in [-0.3, -0.25) is 4.79 Å². The first-order chi connectivity index (χ1) is 10.8. The molecule has 0 aliphatic carbocycles. The molecule has 9 heteroatoms. The van der Waals surface area contributed by atoms with Gasteiger partial charge in [0.25, 0.3) is 5.91 Å². The van der Waals surface area contributed by atoms with Crippen molar-refractivity contribution in [2.24, 2.45) is 0 Å². The van der Waals surface area contributed by atoms with E-state index in [-0.39, 0.29) is 28.3 Å². The van der Waals surface area contributed by atoms with Gasteiger partial charge in [0.2, 0.25) is 0 Å². The summed E-state index contributed by atoms with van der Waals surface area (Å²) in [6.45, 7) is 1.68. The molecule has 1 aromatic rings. The first-order valence-electron chi connectivity index (χ1n) is 7.11. The smallest absolute Gasteiger partial charge is 0.340 e. The average molecular weight is 361 g/mol. The molecule has 2 rings (SSSR count). The summed E-state index contributed by atoms with van der Waals surface area (Å²) in [6.07, 6.45) is 1.67. The molecule has 126 valence electrons. The minimum Gasteiger partial charge on any atom is -0.452 e. The number of esters is 1. The van der Waals surface area contributed by atoms with Crippen LogP contribution in [0.5, 0.6) is 0 Å². The van der Waals surface area contributed by atoms with E-state index in [9.17, 15) is 18.0 Å². The van der Waals surface area contributed by atoms with Crippen LogP contribution in [0.25, 0.3) is 0 Å². The van der Waals surface area contributed by atoms with Gasteiger partial charge in [-0.2, -0.15) is 0 Å². The molecule has 0 unspecified atom stereocenters. The Morgan fingerprint density at radius 1 is 1.43 bits per heavy atom. The van der Waals surface area contributed by atoms with E-state index < -0.39 is 28.3 Å². The van der Waals surface area contributed by atoms with Gasteiger partial charge in [-0.25, -0.2) is 18.2 Å². The molecule has 1 atom stereocenters. The monoisotopic (exact) mass is 360 g/mol. The number of carbonyl (C=O) groups excluding carboxylic acids is 2. The van der Waals surface area contributed by atoms with Gasteiger partial charge < -0.3 is 9.64 Å². The Hall–Kier alpha value is -1.67. The van der Waals surface area contributed by atoms with Gasteiger partial charge in [0, 0.05) is 18.8 Å². The predicted molar refractivity (Wildman–Crippen MR) is 84.0 cm³/mol. The van der Waals surface area contributed by atoms with Crippen LogP contribution in [0.2, 0.25) is 5.15 Å². The Labute approximate surface area is 139 Å². The van der Waals surface area contributed by atoms with Crippen LogP contribution in [0.15, 0.2) is 18.3 Å². The average Bonchev–Trinajstić information content (AvgIpc) is 2.86. The van der Waals surface area contributed by atoms with E-state index in [1.165, 1.54) is 23.2 Å². The van der Waals surface area contributed by atoms with Crippen LogP contribution in [0, 0.1) is 0 Å². The van der Waals surface area contributed by atoms with E-state index in [0.29, 0.717) is 13.0 Å². The van der Waals surface area contributed by atoms with Crippen LogP contribution in [0.1, 0.15) is 23.7 Å². The van der Waals surface area contributed by atoms with Crippen molar-refractivity contribution in [3.63, 3.8) is 0 Å². The molecule has 1 saturated heterocycles. The molecule has 23 heavy (non-hydrogen) atoms. The number of nitrogens with zero attached hydrogens (tertiary/aromatic N) is 2. The fourth-order valence-electron chi connectivity index (χ4n) is 2.45. The predicted octanol–water partition coefficient (Wildman–Crippen LogP) is 0.927. The minimum absolute atomic E-state index is 0.0400. The van der Waals surface area contributed by atoms with Crippen LogP contribution >= 0.6 is 11.6 Å². The number of hydrogen-bond acceptors (Lipinski definition) is 6. The van der Waals surface area contributed by atoms with Crippen LogP contribution in [0.4, 0.5) is 0 Å². The molecule has 0 saturated carbocycles. The van der Waals surface area contributed by atoms with Crippen molar-refractivity contribution in [3.8, 4) is 0 Å². The van der Waals surface area contributed by atoms with Crippen molar-refractivity contribution < 1.29 is 22.7 Å². The molecule has 1 fully saturated rings. The second-order valence-electron chi connectivity index (χ2n) is 5.18. The number of sulfone groups is 1. The molecule has 2 heterocycles. The number of ether oxygens (including phenoxy) is 1. The van der Waals surface area contributed by atoms with E-state index in [1.54, 1.807) is 6.92 Å². The van der Waals surface area contributed by atoms with Crippen molar-refractivity contribution in [2.75, 3.05) is 24.7 Å². The summed E-state index contributed by atoms with van der Waals surface area (Å²) in [5.41, 5.74) is 0.189. The first kappa shape index (κ1) is 17.7. The lowest BCUT2D eigenvalue weighted by molar-refractivity contribution is -0.136. The van der Waals surface area contributed by atoms with Gasteiger partial charge in [-0.1, -0.05) is 11.6 Å². The molecule has 1 aliphatic heterocycles. The fraction of sp³-hybridized carbons (Fsp3) is 0.500. The quantitative estimate of drug-likeness (QED) is 0.572. The van der Waals surface area contributed by atoms with Gasteiger partial charge in [0.15, 0.2) is 16.4 Å². The summed E-state index contributed by atoms with van der Waals surface area (Å²) in [5.74, 6) is -1.05. The SMILES string of the molecule is CCN(C(=O)COC(=O)c1ccc(Cl)nc1)[C@H]1CCS(=O)(=O)C1. The van der Waals surface area contributed by atoms with Crippen molar-refractivity contribution >= 4 is 33.3 Å². The summed E-state index contributed by atoms with van der Waals surface area (Å²) < 4.78 is 28.0. The van der Waals surface area contributed by atoms with E-state index in [2.05, 4.69) is 4.98 Å². The lowest BCUT2D eigenvalue weighted by atomic mass is 10.2. The third-order valence-corrected chi connectivity index (χ3v) is 5.57. The maximum absolute atomic E-state index is 12.2. The van der Waals surface area contributed by atoms with Gasteiger partial charge in [-0.15, -0.1) is 0 Å². The number of likely N-dealkylation sites (N-methyl/N-ethyl adjacent to an activating group) is 1. The zero-order valence-corrected chi connectivity index (χ0v) is 14.1. The molecule has 0 radical (unpaired) electrons. The normalized spacial score (nSPS) is 19.3. The van der Waals surface area contributed by atoms with Crippen molar-refractivity contribution in [1.29, 1.82) is 0 Å². The summed E-state index contributed by atoms with van der Waals surface area (Å²) in [7, 11) is -3.08. The first-order valence-corrected chi connectivity index (χ1v) is 9.31. The van der Waals surface area contributed by atoms with E-state index >= 15 is 0 Å². The molecule has 7 nitrogen and oxygen atoms in total. The Morgan fingerprint density at radius 3 is 2.70 bits per heavy atom. The lowest BCUT2D eigenvalue weighted by Crippen LogP contribution is -2.43. The second-order valence-corrected chi connectivity index (χ2v) is 7.80. The Balaban J connectivity index is 1.92. The van der Waals surface area contributed by atoms with Crippen LogP contribution < -0.4 is 0 Å². The van der Waals surface area contributed by atoms with Crippen LogP contribution in [-0.4, -0.2) is 60.9 Å². The number of halogens is 1. The topological polar surface area (TPSA) is 93.6 Å². The second kappa shape index (κ2) is 7.27. The van der Waals surface area contributed by atoms with E-state index in [0.717, 1.165) is 0 Å². The molecule has 0 bridgehead atoms. The molecular weight excluding hydrogens is 344 g/mol. The Bertz CT molecular complexity index is 690. The molecular formula is C14H17ClN2O5S. The zero-order chi connectivity index (χ0) is 17.0. The number of rotatable bonds is 5. The van der Waals surface area contributed by atoms with E-state index in [1.807, 2.05) is 0 Å². The van der Waals surface area contributed by atoms with Crippen molar-refractivity contribution in [3.05, 3.63) is 29.0 Å². The van der Waals surface area contributed by atoms with Crippen molar-refractivity contribution in [1.82, 2.24) is 9.88 Å². The summed E-state index contributed by atoms with van der Waals surface area (Å²) >= 11 is 5.63. The highest BCUT2D eigenvalue weighted by Crippen LogP contribution is 2.18. The van der Waals surface area contributed by atoms with Gasteiger partial charge >= 0.3 is 5.97 Å². The largest absolute Gasteiger partial charge is 0.452 e. The number of aromatic nitrogens is 1. The third-order valence-electron chi connectivity index (χ3n) is 3.60. The number of hydrogen-bond donors (Lipinski definition) is 0. The van der Waals surface area contributed by atoms with Crippen molar-refractivity contribution in [2.45, 2.75) is 19.4 Å². The Kier molecular flexibility index (Phi) is 5.59. The Morgan fingerprint density at radius 2 is 2.17 bits per heavy atom. The zero-order valence-electron chi connectivity index (χ0n) is 12.6. The molecule has 0 spiro atoms. The highest BCUT2D eigenvalue weighted by Gasteiger charge is 2.34. The third kappa shape index (κ3) is 4.65. The number of amides is 1. The van der Waals surface area contributed by atoms with Gasteiger partial charge in [-0.05, 0) is 25.5 Å². The number of pyridine rings is 1. The maximum Gasteiger partial charge on any atom is 0.340 e. The van der Waals surface area contributed by atoms with Crippen LogP contribution in [0.3, 0.4) is 0 Å². The standard InChI is InChI=1S/C14H17ClN2O5S/c1-2-17(11-5-6-23(20,21)9-11)13(18)8-22-14(19)10-3-4-12(15)16-7-10/h3-4,7,11H,2,5-6,8-9H2,1H3/t11-/m0/s1. The summed E-state index contributed by atoms with van der Waals surface area (Å²) in [4.78, 5) is 29.2. The summed E-state index contributed by atoms with van der Waals surface area (Å²) in [5, 5.41) is 0.247. The molecule has 1 amide bonds.